The molecule has 0 amide bonds. The van der Waals surface area contributed by atoms with E-state index in [-0.39, 0.29) is 0 Å². The van der Waals surface area contributed by atoms with E-state index in [2.05, 4.69) is 192 Å². The first kappa shape index (κ1) is 32.2. The van der Waals surface area contributed by atoms with Crippen LogP contribution in [0.4, 0.5) is 34.1 Å². The van der Waals surface area contributed by atoms with Gasteiger partial charge in [-0.3, -0.25) is 0 Å². The van der Waals surface area contributed by atoms with Crippen molar-refractivity contribution in [3.05, 3.63) is 212 Å². The zero-order valence-corrected chi connectivity index (χ0v) is 30.0. The third kappa shape index (κ3) is 6.06. The predicted octanol–water partition coefficient (Wildman–Crippen LogP) is 14.4. The third-order valence-electron chi connectivity index (χ3n) is 10.2. The van der Waals surface area contributed by atoms with Gasteiger partial charge in [-0.05, 0) is 106 Å². The predicted molar refractivity (Wildman–Crippen MR) is 229 cm³/mol. The van der Waals surface area contributed by atoms with Gasteiger partial charge in [0.2, 0.25) is 5.89 Å². The lowest BCUT2D eigenvalue weighted by Crippen LogP contribution is -2.12. The van der Waals surface area contributed by atoms with Crippen molar-refractivity contribution in [3.8, 4) is 22.6 Å². The summed E-state index contributed by atoms with van der Waals surface area (Å²) in [7, 11) is 0. The molecular weight excluding hydrogens is 671 g/mol. The SMILES string of the molecule is c1ccc(-c2ccc(N(c3ccccc3)c3c4ccc(N(c5ccccc5)c5ccc6ccccc6c5)cc4cc4oc(-c5ccccc5)nc34)cc2)cc1. The first-order valence-electron chi connectivity index (χ1n) is 18.5. The quantitative estimate of drug-likeness (QED) is 0.158. The van der Waals surface area contributed by atoms with E-state index >= 15 is 0 Å². The van der Waals surface area contributed by atoms with Crippen LogP contribution < -0.4 is 9.80 Å². The lowest BCUT2D eigenvalue weighted by atomic mass is 10.0. The molecule has 0 radical (unpaired) electrons. The minimum atomic E-state index is 0.585. The summed E-state index contributed by atoms with van der Waals surface area (Å²) >= 11 is 0. The van der Waals surface area contributed by atoms with Crippen LogP contribution in [0.25, 0.3) is 55.2 Å². The number of hydrogen-bond donors (Lipinski definition) is 0. The number of fused-ring (bicyclic) bond motifs is 3. The Morgan fingerprint density at radius 3 is 1.51 bits per heavy atom. The van der Waals surface area contributed by atoms with E-state index in [1.54, 1.807) is 0 Å². The highest BCUT2D eigenvalue weighted by Gasteiger charge is 2.24. The van der Waals surface area contributed by atoms with Crippen LogP contribution in [0.2, 0.25) is 0 Å². The minimum Gasteiger partial charge on any atom is -0.436 e. The van der Waals surface area contributed by atoms with Crippen molar-refractivity contribution >= 4 is 66.8 Å². The molecule has 4 nitrogen and oxygen atoms in total. The average Bonchev–Trinajstić information content (AvgIpc) is 3.69. The topological polar surface area (TPSA) is 32.5 Å². The molecule has 10 aromatic rings. The second-order valence-corrected chi connectivity index (χ2v) is 13.6. The van der Waals surface area contributed by atoms with Crippen LogP contribution in [-0.2, 0) is 0 Å². The van der Waals surface area contributed by atoms with Gasteiger partial charge in [-0.1, -0.05) is 133 Å². The van der Waals surface area contributed by atoms with E-state index in [1.807, 2.05) is 30.3 Å². The fourth-order valence-corrected chi connectivity index (χ4v) is 7.58. The van der Waals surface area contributed by atoms with Crippen molar-refractivity contribution in [1.29, 1.82) is 0 Å². The van der Waals surface area contributed by atoms with Crippen LogP contribution in [0.1, 0.15) is 0 Å². The number of aromatic nitrogens is 1. The molecule has 4 heteroatoms. The monoisotopic (exact) mass is 705 g/mol. The number of para-hydroxylation sites is 2. The van der Waals surface area contributed by atoms with Crippen LogP contribution in [-0.4, -0.2) is 4.98 Å². The lowest BCUT2D eigenvalue weighted by Gasteiger charge is -2.28. The van der Waals surface area contributed by atoms with Crippen LogP contribution >= 0.6 is 0 Å². The van der Waals surface area contributed by atoms with E-state index in [9.17, 15) is 0 Å². The van der Waals surface area contributed by atoms with E-state index in [4.69, 9.17) is 9.40 Å². The summed E-state index contributed by atoms with van der Waals surface area (Å²) in [6, 6.07) is 74.5. The zero-order valence-electron chi connectivity index (χ0n) is 30.0. The van der Waals surface area contributed by atoms with Crippen molar-refractivity contribution in [2.75, 3.05) is 9.80 Å². The molecule has 55 heavy (non-hydrogen) atoms. The highest BCUT2D eigenvalue weighted by atomic mass is 16.3. The first-order chi connectivity index (χ1) is 27.3. The summed E-state index contributed by atoms with van der Waals surface area (Å²) in [5, 5.41) is 4.51. The molecule has 1 aromatic heterocycles. The van der Waals surface area contributed by atoms with E-state index < -0.39 is 0 Å². The summed E-state index contributed by atoms with van der Waals surface area (Å²) < 4.78 is 6.67. The fourth-order valence-electron chi connectivity index (χ4n) is 7.58. The second kappa shape index (κ2) is 13.8. The molecule has 9 aromatic carbocycles. The van der Waals surface area contributed by atoms with Gasteiger partial charge in [0.15, 0.2) is 5.58 Å². The molecule has 0 aliphatic rings. The molecule has 0 spiro atoms. The van der Waals surface area contributed by atoms with E-state index in [0.29, 0.717) is 5.89 Å². The number of anilines is 6. The van der Waals surface area contributed by atoms with Gasteiger partial charge in [-0.25, -0.2) is 4.98 Å². The summed E-state index contributed by atoms with van der Waals surface area (Å²) in [6.45, 7) is 0. The van der Waals surface area contributed by atoms with Crippen LogP contribution in [0, 0.1) is 0 Å². The first-order valence-corrected chi connectivity index (χ1v) is 18.5. The van der Waals surface area contributed by atoms with Gasteiger partial charge in [0, 0.05) is 39.4 Å². The maximum Gasteiger partial charge on any atom is 0.227 e. The summed E-state index contributed by atoms with van der Waals surface area (Å²) in [4.78, 5) is 9.87. The molecule has 260 valence electrons. The van der Waals surface area contributed by atoms with Gasteiger partial charge in [-0.2, -0.15) is 0 Å². The molecule has 0 saturated carbocycles. The van der Waals surface area contributed by atoms with Gasteiger partial charge in [-0.15, -0.1) is 0 Å². The second-order valence-electron chi connectivity index (χ2n) is 13.6. The van der Waals surface area contributed by atoms with Gasteiger partial charge in [0.05, 0.1) is 5.69 Å². The van der Waals surface area contributed by atoms with Gasteiger partial charge < -0.3 is 14.2 Å². The zero-order chi connectivity index (χ0) is 36.6. The molecule has 0 N–H and O–H groups in total. The van der Waals surface area contributed by atoms with Crippen molar-refractivity contribution in [2.24, 2.45) is 0 Å². The van der Waals surface area contributed by atoms with Gasteiger partial charge in [0.25, 0.3) is 0 Å². The normalized spacial score (nSPS) is 11.3. The molecule has 0 aliphatic heterocycles. The van der Waals surface area contributed by atoms with E-state index in [1.165, 1.54) is 16.3 Å². The number of hydrogen-bond acceptors (Lipinski definition) is 4. The van der Waals surface area contributed by atoms with Crippen LogP contribution in [0.5, 0.6) is 0 Å². The molecule has 0 fully saturated rings. The van der Waals surface area contributed by atoms with Crippen molar-refractivity contribution in [3.63, 3.8) is 0 Å². The van der Waals surface area contributed by atoms with Crippen LogP contribution in [0.3, 0.4) is 0 Å². The smallest absolute Gasteiger partial charge is 0.227 e. The Kier molecular flexibility index (Phi) is 8.12. The van der Waals surface area contributed by atoms with Gasteiger partial charge >= 0.3 is 0 Å². The van der Waals surface area contributed by atoms with E-state index in [0.717, 1.165) is 67.1 Å². The molecule has 1 heterocycles. The number of benzene rings is 9. The van der Waals surface area contributed by atoms with Crippen molar-refractivity contribution in [1.82, 2.24) is 4.98 Å². The van der Waals surface area contributed by atoms with Crippen molar-refractivity contribution < 1.29 is 4.42 Å². The molecule has 0 bridgehead atoms. The minimum absolute atomic E-state index is 0.585. The van der Waals surface area contributed by atoms with Crippen LogP contribution in [0.15, 0.2) is 217 Å². The Hall–Kier alpha value is -7.43. The third-order valence-corrected chi connectivity index (χ3v) is 10.2. The Bertz CT molecular complexity index is 2910. The Morgan fingerprint density at radius 2 is 0.836 bits per heavy atom. The van der Waals surface area contributed by atoms with Crippen molar-refractivity contribution in [2.45, 2.75) is 0 Å². The number of oxazole rings is 1. The number of rotatable bonds is 8. The maximum atomic E-state index is 6.67. The van der Waals surface area contributed by atoms with Gasteiger partial charge in [0.1, 0.15) is 5.52 Å². The summed E-state index contributed by atoms with van der Waals surface area (Å²) in [6.07, 6.45) is 0. The Balaban J connectivity index is 1.21. The highest BCUT2D eigenvalue weighted by molar-refractivity contribution is 6.13. The highest BCUT2D eigenvalue weighted by Crippen LogP contribution is 2.46. The molecule has 0 atom stereocenters. The molecule has 0 aliphatic carbocycles. The Morgan fingerprint density at radius 1 is 0.345 bits per heavy atom. The average molecular weight is 706 g/mol. The molecule has 0 saturated heterocycles. The molecule has 10 rings (SSSR count). The Labute approximate surface area is 319 Å². The molecule has 0 unspecified atom stereocenters. The largest absolute Gasteiger partial charge is 0.436 e. The molecular formula is C51H35N3O. The fraction of sp³-hybridized carbons (Fsp3) is 0. The maximum absolute atomic E-state index is 6.67. The standard InChI is InChI=1S/C51H35N3O/c1-5-15-36(16-6-1)38-25-28-44(29-26-38)54(43-23-11-4-12-24-43)50-47-32-31-46(34-41(47)35-48-49(50)52-51(55-48)39-18-7-2-8-19-39)53(42-21-9-3-10-22-42)45-30-27-37-17-13-14-20-40(37)33-45/h1-35H. The summed E-state index contributed by atoms with van der Waals surface area (Å²) in [5.41, 5.74) is 11.0. The lowest BCUT2D eigenvalue weighted by molar-refractivity contribution is 0.620. The summed E-state index contributed by atoms with van der Waals surface area (Å²) in [5.74, 6) is 0.585. The number of nitrogens with zero attached hydrogens (tertiary/aromatic N) is 3.